The lowest BCUT2D eigenvalue weighted by molar-refractivity contribution is -0.139. The number of ether oxygens (including phenoxy) is 1. The maximum Gasteiger partial charge on any atom is 0.243 e. The fraction of sp³-hybridized carbons (Fsp3) is 0.216. The molecular formula is C37H32Cl2N4O2. The van der Waals surface area contributed by atoms with Gasteiger partial charge in [0.25, 0.3) is 0 Å². The van der Waals surface area contributed by atoms with Gasteiger partial charge in [-0.2, -0.15) is 5.26 Å². The van der Waals surface area contributed by atoms with Gasteiger partial charge in [-0.15, -0.1) is 0 Å². The third-order valence-corrected chi connectivity index (χ3v) is 9.15. The summed E-state index contributed by atoms with van der Waals surface area (Å²) in [4.78, 5) is 22.7. The molecule has 1 aromatic heterocycles. The van der Waals surface area contributed by atoms with E-state index in [2.05, 4.69) is 40.2 Å². The van der Waals surface area contributed by atoms with E-state index in [0.29, 0.717) is 41.9 Å². The van der Waals surface area contributed by atoms with Crippen LogP contribution in [0.5, 0.6) is 5.75 Å². The molecule has 0 radical (unpaired) electrons. The summed E-state index contributed by atoms with van der Waals surface area (Å²) in [7, 11) is 1.66. The number of anilines is 1. The Balaban J connectivity index is 1.42. The van der Waals surface area contributed by atoms with Crippen LogP contribution >= 0.6 is 23.2 Å². The molecule has 45 heavy (non-hydrogen) atoms. The number of hydrogen-bond acceptors (Lipinski definition) is 5. The van der Waals surface area contributed by atoms with Crippen molar-refractivity contribution in [3.05, 3.63) is 125 Å². The molecule has 4 aromatic carbocycles. The Bertz CT molecular complexity index is 1860. The van der Waals surface area contributed by atoms with Crippen molar-refractivity contribution >= 4 is 45.6 Å². The molecule has 1 aliphatic rings. The summed E-state index contributed by atoms with van der Waals surface area (Å²) in [5, 5.41) is 14.1. The van der Waals surface area contributed by atoms with Gasteiger partial charge >= 0.3 is 0 Å². The number of pyridine rings is 1. The number of para-hydroxylation sites is 1. The summed E-state index contributed by atoms with van der Waals surface area (Å²) >= 11 is 12.9. The summed E-state index contributed by atoms with van der Waals surface area (Å²) in [6.07, 6.45) is 3.66. The Kier molecular flexibility index (Phi) is 8.93. The summed E-state index contributed by atoms with van der Waals surface area (Å²) in [5.74, 6) is 0.551. The lowest BCUT2D eigenvalue weighted by Gasteiger charge is -2.40. The molecule has 8 heteroatoms. The molecule has 1 fully saturated rings. The van der Waals surface area contributed by atoms with Crippen LogP contribution in [0.15, 0.2) is 103 Å². The van der Waals surface area contributed by atoms with Crippen molar-refractivity contribution in [1.82, 2.24) is 9.88 Å². The molecule has 5 aromatic rings. The molecule has 0 bridgehead atoms. The Hall–Kier alpha value is -4.57. The molecule has 6 rings (SSSR count). The van der Waals surface area contributed by atoms with Crippen LogP contribution < -0.4 is 9.64 Å². The number of piperazine rings is 1. The standard InChI is InChI=1S/C37H32Cl2N4O2/c1-45-34-14-8-7-13-30(34)29-16-15-27-11-5-6-12-28(27)31(29)22-37(25-40,21-26-9-3-2-4-10-26)36(44)43-19-17-42(18-20-43)35-32(38)23-41-24-33(35)39/h2-16,23-24H,17-22H2,1H3. The molecule has 2 heterocycles. The predicted molar refractivity (Wildman–Crippen MR) is 181 cm³/mol. The molecule has 0 saturated carbocycles. The predicted octanol–water partition coefficient (Wildman–Crippen LogP) is 7.86. The van der Waals surface area contributed by atoms with Crippen molar-refractivity contribution in [1.29, 1.82) is 5.26 Å². The Labute approximate surface area is 273 Å². The Morgan fingerprint density at radius 3 is 2.22 bits per heavy atom. The van der Waals surface area contributed by atoms with Gasteiger partial charge < -0.3 is 14.5 Å². The fourth-order valence-electron chi connectivity index (χ4n) is 6.38. The Morgan fingerprint density at radius 1 is 0.844 bits per heavy atom. The first-order chi connectivity index (χ1) is 21.9. The monoisotopic (exact) mass is 634 g/mol. The highest BCUT2D eigenvalue weighted by Gasteiger charge is 2.44. The number of halogens is 2. The quantitative estimate of drug-likeness (QED) is 0.174. The third-order valence-electron chi connectivity index (χ3n) is 8.60. The van der Waals surface area contributed by atoms with Crippen molar-refractivity contribution in [3.8, 4) is 22.9 Å². The number of rotatable bonds is 8. The molecule has 226 valence electrons. The molecule has 0 aliphatic carbocycles. The molecule has 0 N–H and O–H groups in total. The van der Waals surface area contributed by atoms with Crippen LogP contribution in [0.2, 0.25) is 10.0 Å². The summed E-state index contributed by atoms with van der Waals surface area (Å²) in [5.41, 5.74) is 3.08. The number of nitrogens with zero attached hydrogens (tertiary/aromatic N) is 4. The van der Waals surface area contributed by atoms with Crippen molar-refractivity contribution in [2.24, 2.45) is 5.41 Å². The molecular weight excluding hydrogens is 603 g/mol. The van der Waals surface area contributed by atoms with E-state index < -0.39 is 5.41 Å². The van der Waals surface area contributed by atoms with Crippen LogP contribution in [0.1, 0.15) is 11.1 Å². The molecule has 1 saturated heterocycles. The number of fused-ring (bicyclic) bond motifs is 1. The minimum atomic E-state index is -1.36. The second-order valence-electron chi connectivity index (χ2n) is 11.3. The highest BCUT2D eigenvalue weighted by Crippen LogP contribution is 2.41. The van der Waals surface area contributed by atoms with E-state index in [1.54, 1.807) is 19.5 Å². The van der Waals surface area contributed by atoms with Gasteiger partial charge in [-0.3, -0.25) is 9.78 Å². The van der Waals surface area contributed by atoms with Gasteiger partial charge in [0, 0.05) is 57.0 Å². The number of methoxy groups -OCH3 is 1. The van der Waals surface area contributed by atoms with Crippen LogP contribution in [0.3, 0.4) is 0 Å². The summed E-state index contributed by atoms with van der Waals surface area (Å²) in [6.45, 7) is 1.92. The van der Waals surface area contributed by atoms with Gasteiger partial charge in [0.2, 0.25) is 5.91 Å². The molecule has 1 amide bonds. The zero-order valence-electron chi connectivity index (χ0n) is 24.9. The van der Waals surface area contributed by atoms with E-state index in [4.69, 9.17) is 27.9 Å². The van der Waals surface area contributed by atoms with E-state index in [9.17, 15) is 10.1 Å². The minimum Gasteiger partial charge on any atom is -0.496 e. The molecule has 1 atom stereocenters. The van der Waals surface area contributed by atoms with Crippen LogP contribution in [-0.4, -0.2) is 49.1 Å². The topological polar surface area (TPSA) is 69.5 Å². The van der Waals surface area contributed by atoms with E-state index >= 15 is 0 Å². The zero-order valence-corrected chi connectivity index (χ0v) is 26.4. The van der Waals surface area contributed by atoms with Crippen LogP contribution in [0.4, 0.5) is 5.69 Å². The van der Waals surface area contributed by atoms with Crippen LogP contribution in [-0.2, 0) is 17.6 Å². The first kappa shape index (κ1) is 30.5. The number of aromatic nitrogens is 1. The third kappa shape index (κ3) is 6.07. The van der Waals surface area contributed by atoms with E-state index in [1.165, 1.54) is 0 Å². The normalized spacial score (nSPS) is 14.5. The van der Waals surface area contributed by atoms with Crippen molar-refractivity contribution in [2.45, 2.75) is 12.8 Å². The molecule has 1 unspecified atom stereocenters. The largest absolute Gasteiger partial charge is 0.496 e. The molecule has 6 nitrogen and oxygen atoms in total. The lowest BCUT2D eigenvalue weighted by Crippen LogP contribution is -2.54. The fourth-order valence-corrected chi connectivity index (χ4v) is 6.98. The number of benzene rings is 4. The maximum atomic E-state index is 14.7. The van der Waals surface area contributed by atoms with Gasteiger partial charge in [0.1, 0.15) is 11.2 Å². The summed E-state index contributed by atoms with van der Waals surface area (Å²) < 4.78 is 5.76. The van der Waals surface area contributed by atoms with E-state index in [-0.39, 0.29) is 18.7 Å². The minimum absolute atomic E-state index is 0.181. The first-order valence-corrected chi connectivity index (χ1v) is 15.6. The summed E-state index contributed by atoms with van der Waals surface area (Å²) in [6, 6.07) is 32.5. The van der Waals surface area contributed by atoms with E-state index in [0.717, 1.165) is 38.8 Å². The highest BCUT2D eigenvalue weighted by atomic mass is 35.5. The molecule has 1 aliphatic heterocycles. The second-order valence-corrected chi connectivity index (χ2v) is 12.1. The number of amides is 1. The first-order valence-electron chi connectivity index (χ1n) is 14.9. The maximum absolute atomic E-state index is 14.7. The second kappa shape index (κ2) is 13.2. The van der Waals surface area contributed by atoms with Gasteiger partial charge in [-0.25, -0.2) is 0 Å². The Morgan fingerprint density at radius 2 is 1.51 bits per heavy atom. The van der Waals surface area contributed by atoms with Crippen LogP contribution in [0, 0.1) is 16.7 Å². The molecule has 0 spiro atoms. The average molecular weight is 636 g/mol. The van der Waals surface area contributed by atoms with Gasteiger partial charge in [-0.05, 0) is 33.5 Å². The number of nitriles is 1. The smallest absolute Gasteiger partial charge is 0.243 e. The number of carbonyl (C=O) groups excluding carboxylic acids is 1. The average Bonchev–Trinajstić information content (AvgIpc) is 3.08. The number of carbonyl (C=O) groups is 1. The number of hydrogen-bond donors (Lipinski definition) is 0. The highest BCUT2D eigenvalue weighted by molar-refractivity contribution is 6.38. The van der Waals surface area contributed by atoms with E-state index in [1.807, 2.05) is 71.6 Å². The van der Waals surface area contributed by atoms with Crippen molar-refractivity contribution in [2.75, 3.05) is 38.2 Å². The van der Waals surface area contributed by atoms with Gasteiger partial charge in [-0.1, -0.05) is 108 Å². The van der Waals surface area contributed by atoms with Gasteiger partial charge in [0.15, 0.2) is 0 Å². The van der Waals surface area contributed by atoms with Crippen molar-refractivity contribution in [3.63, 3.8) is 0 Å². The van der Waals surface area contributed by atoms with Crippen LogP contribution in [0.25, 0.3) is 21.9 Å². The zero-order chi connectivity index (χ0) is 31.4. The lowest BCUT2D eigenvalue weighted by atomic mass is 9.74. The SMILES string of the molecule is COc1ccccc1-c1ccc2ccccc2c1CC(C#N)(Cc1ccccc1)C(=O)N1CCN(c2c(Cl)cncc2Cl)CC1. The van der Waals surface area contributed by atoms with Gasteiger partial charge in [0.05, 0.1) is 28.9 Å². The van der Waals surface area contributed by atoms with Crippen molar-refractivity contribution < 1.29 is 9.53 Å².